The molecule has 27 heavy (non-hydrogen) atoms. The van der Waals surface area contributed by atoms with Crippen molar-refractivity contribution < 1.29 is 9.69 Å². The van der Waals surface area contributed by atoms with E-state index < -0.39 is 0 Å². The Morgan fingerprint density at radius 2 is 1.85 bits per heavy atom. The molecule has 1 amide bonds. The van der Waals surface area contributed by atoms with Crippen molar-refractivity contribution in [2.24, 2.45) is 17.8 Å². The lowest BCUT2D eigenvalue weighted by Crippen LogP contribution is -3.12. The van der Waals surface area contributed by atoms with Gasteiger partial charge in [-0.15, -0.1) is 11.3 Å². The second-order valence-corrected chi connectivity index (χ2v) is 10.6. The average Bonchev–Trinajstić information content (AvgIpc) is 3.01. The monoisotopic (exact) mass is 384 g/mol. The Balaban J connectivity index is 1.24. The quantitative estimate of drug-likeness (QED) is 0.833. The van der Waals surface area contributed by atoms with Crippen LogP contribution in [0.25, 0.3) is 10.2 Å². The van der Waals surface area contributed by atoms with Crippen LogP contribution in [0.1, 0.15) is 50.5 Å². The number of nitrogens with one attached hydrogen (secondary N) is 2. The van der Waals surface area contributed by atoms with E-state index in [9.17, 15) is 4.79 Å². The van der Waals surface area contributed by atoms with Gasteiger partial charge in [0, 0.05) is 5.54 Å². The van der Waals surface area contributed by atoms with E-state index >= 15 is 0 Å². The minimum Gasteiger partial charge on any atom is -0.345 e. The molecule has 1 aromatic heterocycles. The summed E-state index contributed by atoms with van der Waals surface area (Å²) in [5.74, 6) is 2.81. The van der Waals surface area contributed by atoms with Gasteiger partial charge in [-0.05, 0) is 75.3 Å². The SMILES string of the molecule is C[C@H](C(=O)NC12CC3CC(CC(C3)C1)C2)[NH+](C)Cc1nc2ccccc2s1. The maximum atomic E-state index is 13.1. The molecule has 5 heteroatoms. The highest BCUT2D eigenvalue weighted by molar-refractivity contribution is 7.18. The molecule has 1 unspecified atom stereocenters. The normalized spacial score (nSPS) is 33.9. The van der Waals surface area contributed by atoms with E-state index in [1.54, 1.807) is 11.3 Å². The second kappa shape index (κ2) is 6.56. The largest absolute Gasteiger partial charge is 0.345 e. The maximum Gasteiger partial charge on any atom is 0.278 e. The Morgan fingerprint density at radius 1 is 1.22 bits per heavy atom. The van der Waals surface area contributed by atoms with Gasteiger partial charge in [0.25, 0.3) is 5.91 Å². The fourth-order valence-corrected chi connectivity index (χ4v) is 7.31. The number of thiazole rings is 1. The number of carbonyl (C=O) groups excluding carboxylic acids is 1. The third-order valence-electron chi connectivity index (χ3n) is 7.33. The van der Waals surface area contributed by atoms with Crippen LogP contribution in [-0.4, -0.2) is 29.5 Å². The first-order valence-electron chi connectivity index (χ1n) is 10.5. The predicted octanol–water partition coefficient (Wildman–Crippen LogP) is 2.78. The molecule has 4 fully saturated rings. The third kappa shape index (κ3) is 3.29. The molecule has 2 aromatic rings. The summed E-state index contributed by atoms with van der Waals surface area (Å²) in [6.45, 7) is 2.87. The fraction of sp³-hybridized carbons (Fsp3) is 0.636. The molecule has 0 aliphatic heterocycles. The molecule has 1 heterocycles. The van der Waals surface area contributed by atoms with Crippen molar-refractivity contribution in [1.29, 1.82) is 0 Å². The number of amides is 1. The van der Waals surface area contributed by atoms with E-state index in [-0.39, 0.29) is 17.5 Å². The van der Waals surface area contributed by atoms with Crippen LogP contribution in [0, 0.1) is 17.8 Å². The number of carbonyl (C=O) groups is 1. The van der Waals surface area contributed by atoms with Crippen LogP contribution in [0.5, 0.6) is 0 Å². The standard InChI is InChI=1S/C22H29N3OS/c1-14(25(2)13-20-23-18-5-3-4-6-19(18)27-20)21(26)24-22-10-15-7-16(11-22)9-17(8-15)12-22/h3-6,14-17H,7-13H2,1-2H3,(H,24,26)/p+1/t14-,15?,16?,17?,22?/m1/s1. The molecular weight excluding hydrogens is 354 g/mol. The van der Waals surface area contributed by atoms with E-state index in [0.29, 0.717) is 0 Å². The minimum absolute atomic E-state index is 0.0509. The van der Waals surface area contributed by atoms with Gasteiger partial charge in [-0.25, -0.2) is 4.98 Å². The summed E-state index contributed by atoms with van der Waals surface area (Å²) in [5, 5.41) is 4.65. The molecule has 2 N–H and O–H groups in total. The van der Waals surface area contributed by atoms with Crippen molar-refractivity contribution in [3.05, 3.63) is 29.3 Å². The van der Waals surface area contributed by atoms with Crippen molar-refractivity contribution in [3.8, 4) is 0 Å². The van der Waals surface area contributed by atoms with Crippen LogP contribution in [-0.2, 0) is 11.3 Å². The van der Waals surface area contributed by atoms with Crippen molar-refractivity contribution in [1.82, 2.24) is 10.3 Å². The molecule has 6 rings (SSSR count). The topological polar surface area (TPSA) is 46.4 Å². The Hall–Kier alpha value is -1.46. The molecular formula is C22H30N3OS+. The lowest BCUT2D eigenvalue weighted by atomic mass is 9.53. The molecule has 0 saturated heterocycles. The zero-order chi connectivity index (χ0) is 18.6. The summed E-state index contributed by atoms with van der Waals surface area (Å²) in [6, 6.07) is 8.22. The van der Waals surface area contributed by atoms with Crippen molar-refractivity contribution in [2.45, 2.75) is 63.6 Å². The highest BCUT2D eigenvalue weighted by Crippen LogP contribution is 2.55. The number of quaternary nitrogens is 1. The highest BCUT2D eigenvalue weighted by atomic mass is 32.1. The van der Waals surface area contributed by atoms with Gasteiger partial charge in [0.1, 0.15) is 11.6 Å². The number of nitrogens with zero attached hydrogens (tertiary/aromatic N) is 1. The van der Waals surface area contributed by atoms with Crippen LogP contribution in [0.4, 0.5) is 0 Å². The third-order valence-corrected chi connectivity index (χ3v) is 8.36. The summed E-state index contributed by atoms with van der Waals surface area (Å²) in [7, 11) is 2.12. The molecule has 0 radical (unpaired) electrons. The zero-order valence-electron chi connectivity index (χ0n) is 16.3. The molecule has 4 saturated carbocycles. The van der Waals surface area contributed by atoms with Crippen molar-refractivity contribution in [2.75, 3.05) is 7.05 Å². The summed E-state index contributed by atoms with van der Waals surface area (Å²) in [6.07, 6.45) is 7.88. The first-order chi connectivity index (χ1) is 13.0. The van der Waals surface area contributed by atoms with Gasteiger partial charge in [-0.2, -0.15) is 0 Å². The van der Waals surface area contributed by atoms with Gasteiger partial charge in [0.15, 0.2) is 6.04 Å². The second-order valence-electron chi connectivity index (χ2n) is 9.51. The van der Waals surface area contributed by atoms with E-state index in [4.69, 9.17) is 4.98 Å². The Labute approximate surface area is 165 Å². The summed E-state index contributed by atoms with van der Waals surface area (Å²) < 4.78 is 1.23. The number of rotatable bonds is 5. The number of fused-ring (bicyclic) bond motifs is 1. The summed E-state index contributed by atoms with van der Waals surface area (Å²) in [4.78, 5) is 19.0. The van der Waals surface area contributed by atoms with Crippen LogP contribution >= 0.6 is 11.3 Å². The van der Waals surface area contributed by atoms with E-state index in [1.807, 2.05) is 6.07 Å². The lowest BCUT2D eigenvalue weighted by molar-refractivity contribution is -0.908. The highest BCUT2D eigenvalue weighted by Gasteiger charge is 2.52. The van der Waals surface area contributed by atoms with Gasteiger partial charge in [0.05, 0.1) is 17.3 Å². The van der Waals surface area contributed by atoms with E-state index in [2.05, 4.69) is 37.5 Å². The molecule has 4 nitrogen and oxygen atoms in total. The number of aromatic nitrogens is 1. The lowest BCUT2D eigenvalue weighted by Gasteiger charge is -2.57. The Kier molecular flexibility index (Phi) is 4.28. The number of likely N-dealkylation sites (N-methyl/N-ethyl adjacent to an activating group) is 1. The first-order valence-corrected chi connectivity index (χ1v) is 11.3. The van der Waals surface area contributed by atoms with Gasteiger partial charge >= 0.3 is 0 Å². The Morgan fingerprint density at radius 3 is 2.48 bits per heavy atom. The van der Waals surface area contributed by atoms with Crippen LogP contribution in [0.3, 0.4) is 0 Å². The van der Waals surface area contributed by atoms with E-state index in [0.717, 1.165) is 34.8 Å². The van der Waals surface area contributed by atoms with Gasteiger partial charge in [-0.1, -0.05) is 12.1 Å². The molecule has 2 atom stereocenters. The van der Waals surface area contributed by atoms with Gasteiger partial charge < -0.3 is 10.2 Å². The number of benzene rings is 1. The average molecular weight is 385 g/mol. The van der Waals surface area contributed by atoms with Crippen LogP contribution in [0.2, 0.25) is 0 Å². The number of hydrogen-bond donors (Lipinski definition) is 2. The Bertz CT molecular complexity index is 792. The van der Waals surface area contributed by atoms with Crippen molar-refractivity contribution >= 4 is 27.5 Å². The smallest absolute Gasteiger partial charge is 0.278 e. The number of para-hydroxylation sites is 1. The first kappa shape index (κ1) is 17.6. The maximum absolute atomic E-state index is 13.1. The van der Waals surface area contributed by atoms with Crippen molar-refractivity contribution in [3.63, 3.8) is 0 Å². The minimum atomic E-state index is -0.0509. The fourth-order valence-electron chi connectivity index (χ4n) is 6.24. The van der Waals surface area contributed by atoms with Crippen LogP contribution in [0.15, 0.2) is 24.3 Å². The molecule has 4 aliphatic carbocycles. The molecule has 144 valence electrons. The summed E-state index contributed by atoms with van der Waals surface area (Å²) in [5.41, 5.74) is 1.17. The molecule has 1 aromatic carbocycles. The summed E-state index contributed by atoms with van der Waals surface area (Å²) >= 11 is 1.75. The van der Waals surface area contributed by atoms with Gasteiger partial charge in [0.2, 0.25) is 0 Å². The molecule has 4 aliphatic rings. The molecule has 4 bridgehead atoms. The zero-order valence-corrected chi connectivity index (χ0v) is 17.1. The van der Waals surface area contributed by atoms with E-state index in [1.165, 1.54) is 48.1 Å². The number of hydrogen-bond acceptors (Lipinski definition) is 3. The predicted molar refractivity (Wildman–Crippen MR) is 109 cm³/mol. The molecule has 0 spiro atoms. The van der Waals surface area contributed by atoms with Gasteiger partial charge in [-0.3, -0.25) is 4.79 Å². The van der Waals surface area contributed by atoms with Crippen LogP contribution < -0.4 is 10.2 Å².